The smallest absolute Gasteiger partial charge is 0.161 e. The van der Waals surface area contributed by atoms with Crippen LogP contribution in [0.5, 0.6) is 5.75 Å². The third kappa shape index (κ3) is 3.57. The van der Waals surface area contributed by atoms with E-state index in [0.29, 0.717) is 0 Å². The molecule has 118 valence electrons. The molecule has 1 aromatic carbocycles. The lowest BCUT2D eigenvalue weighted by atomic mass is 10.1. The number of ketones is 1. The third-order valence-corrected chi connectivity index (χ3v) is 4.16. The predicted molar refractivity (Wildman–Crippen MR) is 88.3 cm³/mol. The molecule has 1 heterocycles. The molecule has 4 heteroatoms. The molecule has 4 nitrogen and oxygen atoms in total. The molecule has 0 N–H and O–H groups in total. The number of rotatable bonds is 6. The average molecular weight is 300 g/mol. The number of hydrogen-bond donors (Lipinski definition) is 0. The number of carbonyl (C=O) groups is 1. The number of methoxy groups -OCH3 is 1. The van der Waals surface area contributed by atoms with Gasteiger partial charge in [0.05, 0.1) is 7.11 Å². The number of carbonyl (C=O) groups excluding carboxylic acids is 1. The van der Waals surface area contributed by atoms with E-state index in [1.54, 1.807) is 14.0 Å². The van der Waals surface area contributed by atoms with Crippen LogP contribution in [0.3, 0.4) is 0 Å². The maximum atomic E-state index is 11.5. The van der Waals surface area contributed by atoms with Gasteiger partial charge in [0.1, 0.15) is 5.75 Å². The van der Waals surface area contributed by atoms with Crippen LogP contribution in [-0.2, 0) is 13.6 Å². The zero-order valence-electron chi connectivity index (χ0n) is 14.0. The highest BCUT2D eigenvalue weighted by Crippen LogP contribution is 2.24. The molecule has 1 aromatic heterocycles. The molecule has 0 radical (unpaired) electrons. The summed E-state index contributed by atoms with van der Waals surface area (Å²) < 4.78 is 7.31. The van der Waals surface area contributed by atoms with E-state index in [1.165, 1.54) is 5.56 Å². The first-order chi connectivity index (χ1) is 10.4. The van der Waals surface area contributed by atoms with Crippen LogP contribution in [-0.4, -0.2) is 29.4 Å². The van der Waals surface area contributed by atoms with Gasteiger partial charge < -0.3 is 9.30 Å². The number of Topliss-reactive ketones (excluding diaryl/α,β-unsaturated/α-hetero) is 1. The van der Waals surface area contributed by atoms with Crippen LogP contribution in [0.2, 0.25) is 0 Å². The Bertz CT molecular complexity index is 661. The molecule has 0 aliphatic carbocycles. The first-order valence-corrected chi connectivity index (χ1v) is 7.42. The van der Waals surface area contributed by atoms with Crippen molar-refractivity contribution in [3.8, 4) is 5.75 Å². The zero-order valence-corrected chi connectivity index (χ0v) is 14.0. The number of hydrogen-bond acceptors (Lipinski definition) is 3. The second-order valence-electron chi connectivity index (χ2n) is 5.75. The summed E-state index contributed by atoms with van der Waals surface area (Å²) in [6.45, 7) is 4.55. The highest BCUT2D eigenvalue weighted by molar-refractivity contribution is 5.94. The summed E-state index contributed by atoms with van der Waals surface area (Å²) in [4.78, 5) is 13.7. The van der Waals surface area contributed by atoms with Crippen LogP contribution in [0.15, 0.2) is 36.5 Å². The Hall–Kier alpha value is -2.07. The van der Waals surface area contributed by atoms with Crippen molar-refractivity contribution < 1.29 is 9.53 Å². The van der Waals surface area contributed by atoms with Crippen molar-refractivity contribution in [3.63, 3.8) is 0 Å². The summed E-state index contributed by atoms with van der Waals surface area (Å²) in [5, 5.41) is 0. The van der Waals surface area contributed by atoms with Gasteiger partial charge in [0.2, 0.25) is 0 Å². The lowest BCUT2D eigenvalue weighted by Gasteiger charge is -2.25. The summed E-state index contributed by atoms with van der Waals surface area (Å²) >= 11 is 0. The number of aryl methyl sites for hydroxylation is 1. The Morgan fingerprint density at radius 2 is 2.09 bits per heavy atom. The summed E-state index contributed by atoms with van der Waals surface area (Å²) in [6.07, 6.45) is 1.89. The maximum absolute atomic E-state index is 11.5. The monoisotopic (exact) mass is 300 g/mol. The van der Waals surface area contributed by atoms with Gasteiger partial charge in [0, 0.05) is 37.1 Å². The van der Waals surface area contributed by atoms with Gasteiger partial charge in [0.25, 0.3) is 0 Å². The van der Waals surface area contributed by atoms with Gasteiger partial charge in [0.15, 0.2) is 5.78 Å². The molecule has 0 bridgehead atoms. The molecule has 0 fully saturated rings. The fourth-order valence-corrected chi connectivity index (χ4v) is 2.51. The minimum absolute atomic E-state index is 0.102. The number of nitrogens with zero attached hydrogens (tertiary/aromatic N) is 2. The zero-order chi connectivity index (χ0) is 16.3. The Balaban J connectivity index is 2.14. The minimum Gasteiger partial charge on any atom is -0.497 e. The average Bonchev–Trinajstić information content (AvgIpc) is 2.88. The topological polar surface area (TPSA) is 34.5 Å². The van der Waals surface area contributed by atoms with Gasteiger partial charge in [-0.15, -0.1) is 0 Å². The van der Waals surface area contributed by atoms with Crippen LogP contribution in [0.25, 0.3) is 0 Å². The van der Waals surface area contributed by atoms with Crippen molar-refractivity contribution in [1.82, 2.24) is 9.47 Å². The maximum Gasteiger partial charge on any atom is 0.161 e. The molecule has 0 aliphatic rings. The molecule has 0 saturated carbocycles. The Morgan fingerprint density at radius 3 is 2.68 bits per heavy atom. The Kier molecular flexibility index (Phi) is 5.03. The first kappa shape index (κ1) is 16.3. The summed E-state index contributed by atoms with van der Waals surface area (Å²) in [6, 6.07) is 10.4. The molecule has 2 rings (SSSR count). The van der Waals surface area contributed by atoms with Crippen molar-refractivity contribution in [3.05, 3.63) is 53.3 Å². The highest BCUT2D eigenvalue weighted by atomic mass is 16.5. The van der Waals surface area contributed by atoms with Crippen molar-refractivity contribution >= 4 is 5.78 Å². The number of ether oxygens (including phenoxy) is 1. The fourth-order valence-electron chi connectivity index (χ4n) is 2.51. The molecule has 22 heavy (non-hydrogen) atoms. The van der Waals surface area contributed by atoms with Crippen LogP contribution >= 0.6 is 0 Å². The van der Waals surface area contributed by atoms with Gasteiger partial charge in [-0.3, -0.25) is 9.69 Å². The van der Waals surface area contributed by atoms with Crippen LogP contribution < -0.4 is 4.74 Å². The van der Waals surface area contributed by atoms with E-state index in [9.17, 15) is 4.79 Å². The van der Waals surface area contributed by atoms with Gasteiger partial charge in [-0.1, -0.05) is 12.1 Å². The largest absolute Gasteiger partial charge is 0.497 e. The molecule has 2 aromatic rings. The van der Waals surface area contributed by atoms with E-state index >= 15 is 0 Å². The van der Waals surface area contributed by atoms with E-state index < -0.39 is 0 Å². The summed E-state index contributed by atoms with van der Waals surface area (Å²) in [5.41, 5.74) is 3.10. The Labute approximate surface area is 132 Å². The standard InChI is InChI=1S/C18H24N2O2/c1-13(15-7-6-8-18(10-15)22-5)19(3)12-17-9-16(14(2)21)11-20(17)4/h6-11,13H,12H2,1-5H3. The molecule has 0 amide bonds. The molecule has 0 spiro atoms. The lowest BCUT2D eigenvalue weighted by molar-refractivity contribution is 0.101. The van der Waals surface area contributed by atoms with Crippen molar-refractivity contribution in [2.45, 2.75) is 26.4 Å². The van der Waals surface area contributed by atoms with E-state index in [2.05, 4.69) is 31.0 Å². The van der Waals surface area contributed by atoms with Crippen molar-refractivity contribution in [2.24, 2.45) is 7.05 Å². The lowest BCUT2D eigenvalue weighted by Crippen LogP contribution is -2.23. The molecular formula is C18H24N2O2. The van der Waals surface area contributed by atoms with Crippen LogP contribution in [0.4, 0.5) is 0 Å². The van der Waals surface area contributed by atoms with Crippen molar-refractivity contribution in [1.29, 1.82) is 0 Å². The van der Waals surface area contributed by atoms with E-state index in [4.69, 9.17) is 4.74 Å². The normalized spacial score (nSPS) is 12.5. The predicted octanol–water partition coefficient (Wildman–Crippen LogP) is 3.43. The SMILES string of the molecule is COc1cccc(C(C)N(C)Cc2cc(C(C)=O)cn2C)c1. The quantitative estimate of drug-likeness (QED) is 0.767. The third-order valence-electron chi connectivity index (χ3n) is 4.16. The van der Waals surface area contributed by atoms with Gasteiger partial charge in [-0.2, -0.15) is 0 Å². The summed E-state index contributed by atoms with van der Waals surface area (Å²) in [5.74, 6) is 0.973. The Morgan fingerprint density at radius 1 is 1.36 bits per heavy atom. The van der Waals surface area contributed by atoms with Gasteiger partial charge >= 0.3 is 0 Å². The molecule has 0 saturated heterocycles. The molecule has 1 unspecified atom stereocenters. The number of benzene rings is 1. The minimum atomic E-state index is 0.102. The van der Waals surface area contributed by atoms with Gasteiger partial charge in [-0.05, 0) is 44.7 Å². The van der Waals surface area contributed by atoms with E-state index in [1.807, 2.05) is 36.0 Å². The van der Waals surface area contributed by atoms with Crippen LogP contribution in [0.1, 0.15) is 41.5 Å². The van der Waals surface area contributed by atoms with Gasteiger partial charge in [-0.25, -0.2) is 0 Å². The van der Waals surface area contributed by atoms with Crippen LogP contribution in [0, 0.1) is 0 Å². The highest BCUT2D eigenvalue weighted by Gasteiger charge is 2.15. The molecular weight excluding hydrogens is 276 g/mol. The second kappa shape index (κ2) is 6.79. The molecule has 0 aliphatic heterocycles. The number of aromatic nitrogens is 1. The first-order valence-electron chi connectivity index (χ1n) is 7.42. The summed E-state index contributed by atoms with van der Waals surface area (Å²) in [7, 11) is 5.75. The second-order valence-corrected chi connectivity index (χ2v) is 5.75. The van der Waals surface area contributed by atoms with E-state index in [-0.39, 0.29) is 11.8 Å². The molecule has 1 atom stereocenters. The van der Waals surface area contributed by atoms with E-state index in [0.717, 1.165) is 23.6 Å². The van der Waals surface area contributed by atoms with Crippen molar-refractivity contribution in [2.75, 3.05) is 14.2 Å². The fraction of sp³-hybridized carbons (Fsp3) is 0.389.